The van der Waals surface area contributed by atoms with Crippen LogP contribution in [0.25, 0.3) is 11.0 Å². The summed E-state index contributed by atoms with van der Waals surface area (Å²) in [6, 6.07) is 5.30. The fraction of sp³-hybridized carbons (Fsp3) is 0.188. The molecule has 0 spiro atoms. The number of anilines is 3. The maximum atomic E-state index is 11.5. The van der Waals surface area contributed by atoms with Crippen molar-refractivity contribution >= 4 is 57.2 Å². The quantitative estimate of drug-likeness (QED) is 0.459. The van der Waals surface area contributed by atoms with Crippen LogP contribution in [0.4, 0.5) is 17.3 Å². The van der Waals surface area contributed by atoms with Gasteiger partial charge in [-0.25, -0.2) is 4.21 Å². The molecule has 2 heterocycles. The number of aromatic nitrogens is 3. The third-order valence-electron chi connectivity index (χ3n) is 3.48. The second-order valence-corrected chi connectivity index (χ2v) is 6.76. The minimum Gasteiger partial charge on any atom is -0.477 e. The number of ether oxygens (including phenoxy) is 1. The van der Waals surface area contributed by atoms with E-state index < -0.39 is 11.0 Å². The second kappa shape index (κ2) is 7.71. The molecule has 0 aliphatic heterocycles. The van der Waals surface area contributed by atoms with Gasteiger partial charge in [-0.1, -0.05) is 17.7 Å². The largest absolute Gasteiger partial charge is 0.477 e. The zero-order valence-corrected chi connectivity index (χ0v) is 15.7. The first-order valence-corrected chi connectivity index (χ1v) is 9.65. The van der Waals surface area contributed by atoms with Crippen LogP contribution in [0.5, 0.6) is 5.88 Å². The highest BCUT2D eigenvalue weighted by atomic mass is 35.5. The van der Waals surface area contributed by atoms with Crippen LogP contribution in [0.1, 0.15) is 12.5 Å². The summed E-state index contributed by atoms with van der Waals surface area (Å²) in [6.07, 6.45) is 4.32. The summed E-state index contributed by atoms with van der Waals surface area (Å²) >= 11 is 6.16. The van der Waals surface area contributed by atoms with Gasteiger partial charge in [0.2, 0.25) is 11.8 Å². The molecule has 8 nitrogen and oxygen atoms in total. The summed E-state index contributed by atoms with van der Waals surface area (Å²) in [6.45, 7) is 2.29. The third kappa shape index (κ3) is 3.63. The molecule has 3 rings (SSSR count). The van der Waals surface area contributed by atoms with Gasteiger partial charge in [0, 0.05) is 24.2 Å². The summed E-state index contributed by atoms with van der Waals surface area (Å²) in [5, 5.41) is 11.9. The number of H-pyrrole nitrogens is 1. The number of benzene rings is 1. The molecule has 0 radical (unpaired) electrons. The lowest BCUT2D eigenvalue weighted by molar-refractivity contribution is 0.331. The molecule has 0 fully saturated rings. The van der Waals surface area contributed by atoms with Gasteiger partial charge in [0.25, 0.3) is 0 Å². The zero-order chi connectivity index (χ0) is 18.7. The first-order chi connectivity index (χ1) is 12.5. The van der Waals surface area contributed by atoms with Crippen molar-refractivity contribution in [2.24, 2.45) is 0 Å². The van der Waals surface area contributed by atoms with Crippen molar-refractivity contribution in [3.8, 4) is 5.88 Å². The second-order valence-electron chi connectivity index (χ2n) is 5.24. The van der Waals surface area contributed by atoms with Crippen molar-refractivity contribution in [3.05, 3.63) is 35.0 Å². The van der Waals surface area contributed by atoms with Crippen LogP contribution < -0.4 is 14.8 Å². The predicted octanol–water partition coefficient (Wildman–Crippen LogP) is 3.46. The average molecular weight is 393 g/mol. The van der Waals surface area contributed by atoms with Gasteiger partial charge in [0.15, 0.2) is 0 Å². The summed E-state index contributed by atoms with van der Waals surface area (Å²) in [5.41, 5.74) is 2.24. The first-order valence-electron chi connectivity index (χ1n) is 7.71. The van der Waals surface area contributed by atoms with E-state index in [0.29, 0.717) is 45.5 Å². The van der Waals surface area contributed by atoms with Crippen LogP contribution in [-0.2, 0) is 11.0 Å². The Balaban J connectivity index is 2.04. The van der Waals surface area contributed by atoms with Crippen molar-refractivity contribution in [2.75, 3.05) is 22.9 Å². The highest BCUT2D eigenvalue weighted by Crippen LogP contribution is 2.32. The van der Waals surface area contributed by atoms with Crippen molar-refractivity contribution < 1.29 is 8.95 Å². The highest BCUT2D eigenvalue weighted by molar-refractivity contribution is 7.85. The van der Waals surface area contributed by atoms with Crippen molar-refractivity contribution in [3.63, 3.8) is 0 Å². The molecule has 26 heavy (non-hydrogen) atoms. The average Bonchev–Trinajstić information content (AvgIpc) is 2.96. The third-order valence-corrected chi connectivity index (χ3v) is 4.29. The molecule has 3 aromatic rings. The van der Waals surface area contributed by atoms with Gasteiger partial charge in [-0.2, -0.15) is 9.97 Å². The van der Waals surface area contributed by atoms with Gasteiger partial charge >= 0.3 is 0 Å². The smallest absolute Gasteiger partial charge is 0.232 e. The van der Waals surface area contributed by atoms with Crippen LogP contribution in [0, 0.1) is 5.41 Å². The van der Waals surface area contributed by atoms with Crippen LogP contribution in [0.2, 0.25) is 5.02 Å². The number of hydrogen-bond donors (Lipinski definition) is 4. The van der Waals surface area contributed by atoms with Crippen LogP contribution in [0.3, 0.4) is 0 Å². The molecule has 4 N–H and O–H groups in total. The Bertz CT molecular complexity index is 990. The molecule has 1 atom stereocenters. The highest BCUT2D eigenvalue weighted by Gasteiger charge is 2.15. The molecule has 0 aliphatic rings. The monoisotopic (exact) mass is 392 g/mol. The Hall–Kier alpha value is -2.65. The normalized spacial score (nSPS) is 12.0. The lowest BCUT2D eigenvalue weighted by atomic mass is 10.1. The maximum absolute atomic E-state index is 11.5. The molecule has 0 bridgehead atoms. The molecule has 0 amide bonds. The first kappa shape index (κ1) is 18.2. The van der Waals surface area contributed by atoms with Crippen molar-refractivity contribution in [1.82, 2.24) is 15.0 Å². The Morgan fingerprint density at radius 1 is 1.38 bits per heavy atom. The molecule has 10 heteroatoms. The number of nitrogens with zero attached hydrogens (tertiary/aromatic N) is 2. The lowest BCUT2D eigenvalue weighted by Gasteiger charge is -2.13. The lowest BCUT2D eigenvalue weighted by Crippen LogP contribution is -2.07. The number of aromatic amines is 1. The van der Waals surface area contributed by atoms with E-state index in [9.17, 15) is 4.21 Å². The van der Waals surface area contributed by atoms with E-state index in [2.05, 4.69) is 25.0 Å². The summed E-state index contributed by atoms with van der Waals surface area (Å²) < 4.78 is 19.8. The predicted molar refractivity (Wildman–Crippen MR) is 105 cm³/mol. The van der Waals surface area contributed by atoms with Gasteiger partial charge in [-0.3, -0.25) is 0 Å². The number of fused-ring (bicyclic) bond motifs is 1. The van der Waals surface area contributed by atoms with E-state index in [1.165, 1.54) is 12.5 Å². The molecule has 1 aromatic carbocycles. The van der Waals surface area contributed by atoms with E-state index in [1.54, 1.807) is 24.4 Å². The number of halogens is 1. The molecular weight excluding hydrogens is 376 g/mol. The fourth-order valence-electron chi connectivity index (χ4n) is 2.45. The van der Waals surface area contributed by atoms with Crippen molar-refractivity contribution in [2.45, 2.75) is 6.92 Å². The van der Waals surface area contributed by atoms with E-state index in [1.807, 2.05) is 6.92 Å². The molecular formula is C16H17ClN6O2S. The van der Waals surface area contributed by atoms with E-state index in [0.717, 1.165) is 0 Å². The molecule has 2 aromatic heterocycles. The van der Waals surface area contributed by atoms with Crippen LogP contribution >= 0.6 is 11.6 Å². The Morgan fingerprint density at radius 2 is 2.15 bits per heavy atom. The minimum atomic E-state index is -1.26. The Morgan fingerprint density at radius 3 is 2.85 bits per heavy atom. The minimum absolute atomic E-state index is 0.289. The number of hydrogen-bond acceptors (Lipinski definition) is 6. The topological polar surface area (TPSA) is 116 Å². The molecule has 136 valence electrons. The molecule has 0 saturated carbocycles. The van der Waals surface area contributed by atoms with Gasteiger partial charge in [0.1, 0.15) is 16.6 Å². The van der Waals surface area contributed by atoms with Crippen LogP contribution in [0.15, 0.2) is 24.4 Å². The summed E-state index contributed by atoms with van der Waals surface area (Å²) in [7, 11) is -1.26. The van der Waals surface area contributed by atoms with E-state index in [4.69, 9.17) is 21.7 Å². The SMILES string of the molecule is CCOc1nc(Nc2cccc(NS(C)=O)c2C=N)nc2[nH]cc(Cl)c12. The van der Waals surface area contributed by atoms with Gasteiger partial charge < -0.3 is 25.2 Å². The summed E-state index contributed by atoms with van der Waals surface area (Å²) in [5.74, 6) is 0.656. The zero-order valence-electron chi connectivity index (χ0n) is 14.1. The summed E-state index contributed by atoms with van der Waals surface area (Å²) in [4.78, 5) is 11.8. The van der Waals surface area contributed by atoms with Gasteiger partial charge in [-0.05, 0) is 19.1 Å². The maximum Gasteiger partial charge on any atom is 0.232 e. The molecule has 0 aliphatic carbocycles. The Labute approximate surface area is 157 Å². The molecule has 0 saturated heterocycles. The van der Waals surface area contributed by atoms with E-state index >= 15 is 0 Å². The number of nitrogens with one attached hydrogen (secondary N) is 4. The van der Waals surface area contributed by atoms with Crippen LogP contribution in [-0.4, -0.2) is 38.2 Å². The number of rotatable bonds is 7. The van der Waals surface area contributed by atoms with Crippen molar-refractivity contribution in [1.29, 1.82) is 5.41 Å². The standard InChI is InChI=1S/C16H17ClN6O2S/c1-3-25-15-13-10(17)8-19-14(13)21-16(22-15)20-11-5-4-6-12(9(11)7-18)23-26(2)24/h4-8,18,23H,3H2,1-2H3,(H2,19,20,21,22). The van der Waals surface area contributed by atoms with Gasteiger partial charge in [0.05, 0.1) is 28.4 Å². The Kier molecular flexibility index (Phi) is 5.38. The fourth-order valence-corrected chi connectivity index (χ4v) is 3.17. The van der Waals surface area contributed by atoms with E-state index in [-0.39, 0.29) is 5.95 Å². The van der Waals surface area contributed by atoms with Gasteiger partial charge in [-0.15, -0.1) is 0 Å². The molecule has 1 unspecified atom stereocenters.